The highest BCUT2D eigenvalue weighted by molar-refractivity contribution is 5.91. The van der Waals surface area contributed by atoms with Crippen molar-refractivity contribution < 1.29 is 19.4 Å². The average Bonchev–Trinajstić information content (AvgIpc) is 2.73. The zero-order valence-corrected chi connectivity index (χ0v) is 17.9. The van der Waals surface area contributed by atoms with Crippen molar-refractivity contribution in [3.05, 3.63) is 53.1 Å². The Bertz CT molecular complexity index is 909. The largest absolute Gasteiger partial charge is 0.502 e. The Morgan fingerprint density at radius 2 is 1.67 bits per heavy atom. The van der Waals surface area contributed by atoms with Gasteiger partial charge in [0.15, 0.2) is 11.5 Å². The number of amides is 1. The van der Waals surface area contributed by atoms with Gasteiger partial charge in [-0.3, -0.25) is 10.2 Å². The summed E-state index contributed by atoms with van der Waals surface area (Å²) in [6.07, 6.45) is 3.12. The minimum absolute atomic E-state index is 0.0664. The van der Waals surface area contributed by atoms with Crippen LogP contribution in [-0.4, -0.2) is 56.4 Å². The van der Waals surface area contributed by atoms with E-state index in [-0.39, 0.29) is 23.2 Å². The summed E-state index contributed by atoms with van der Waals surface area (Å²) in [5, 5.41) is 11.9. The van der Waals surface area contributed by atoms with E-state index in [1.165, 1.54) is 37.1 Å². The van der Waals surface area contributed by atoms with Gasteiger partial charge in [-0.15, -0.1) is 0 Å². The number of phenolic OH excluding ortho intramolecular Hbond substituents is 1. The molecule has 1 heterocycles. The van der Waals surface area contributed by atoms with Crippen LogP contribution in [0, 0.1) is 13.8 Å². The van der Waals surface area contributed by atoms with E-state index in [0.717, 1.165) is 26.2 Å². The topological polar surface area (TPSA) is 74.3 Å². The third kappa shape index (κ3) is 5.04. The van der Waals surface area contributed by atoms with Crippen LogP contribution in [-0.2, 0) is 4.79 Å². The van der Waals surface area contributed by atoms with E-state index in [9.17, 15) is 9.90 Å². The molecule has 0 aliphatic carbocycles. The van der Waals surface area contributed by atoms with Gasteiger partial charge in [0.25, 0.3) is 5.91 Å². The standard InChI is InChI=1S/C23H29N3O4/c1-16-5-7-19(17(2)13-16)25-9-11-26(12-10-25)24-22(27)8-6-18-14-20(29-3)23(28)21(15-18)30-4/h5-8,13-15,28H,9-12H2,1-4H3,(H,24,27). The summed E-state index contributed by atoms with van der Waals surface area (Å²) in [5.41, 5.74) is 7.40. The summed E-state index contributed by atoms with van der Waals surface area (Å²) in [4.78, 5) is 14.7. The van der Waals surface area contributed by atoms with Crippen LogP contribution in [0.3, 0.4) is 0 Å². The van der Waals surface area contributed by atoms with Gasteiger partial charge in [-0.1, -0.05) is 17.7 Å². The molecule has 0 saturated carbocycles. The van der Waals surface area contributed by atoms with Gasteiger partial charge in [-0.05, 0) is 49.2 Å². The number of rotatable bonds is 6. The van der Waals surface area contributed by atoms with Crippen molar-refractivity contribution in [2.24, 2.45) is 0 Å². The summed E-state index contributed by atoms with van der Waals surface area (Å²) < 4.78 is 10.3. The summed E-state index contributed by atoms with van der Waals surface area (Å²) in [6.45, 7) is 7.42. The number of methoxy groups -OCH3 is 2. The number of ether oxygens (including phenoxy) is 2. The molecule has 1 amide bonds. The fraction of sp³-hybridized carbons (Fsp3) is 0.348. The molecule has 0 aromatic heterocycles. The maximum atomic E-state index is 12.3. The Morgan fingerprint density at radius 1 is 1.03 bits per heavy atom. The first-order chi connectivity index (χ1) is 14.4. The van der Waals surface area contributed by atoms with E-state index in [2.05, 4.69) is 42.4 Å². The van der Waals surface area contributed by atoms with Crippen LogP contribution in [0.4, 0.5) is 5.69 Å². The number of hydrogen-bond donors (Lipinski definition) is 2. The highest BCUT2D eigenvalue weighted by atomic mass is 16.5. The second-order valence-corrected chi connectivity index (χ2v) is 7.35. The molecule has 7 nitrogen and oxygen atoms in total. The van der Waals surface area contributed by atoms with Crippen LogP contribution in [0.1, 0.15) is 16.7 Å². The number of carbonyl (C=O) groups excluding carboxylic acids is 1. The van der Waals surface area contributed by atoms with Crippen molar-refractivity contribution in [1.82, 2.24) is 10.4 Å². The number of carbonyl (C=O) groups is 1. The average molecular weight is 412 g/mol. The number of hydrazine groups is 1. The van der Waals surface area contributed by atoms with Crippen LogP contribution in [0.2, 0.25) is 0 Å². The molecule has 30 heavy (non-hydrogen) atoms. The van der Waals surface area contributed by atoms with Gasteiger partial charge in [-0.25, -0.2) is 5.01 Å². The first-order valence-electron chi connectivity index (χ1n) is 9.92. The highest BCUT2D eigenvalue weighted by Gasteiger charge is 2.19. The van der Waals surface area contributed by atoms with E-state index >= 15 is 0 Å². The number of nitrogens with zero attached hydrogens (tertiary/aromatic N) is 2. The normalized spacial score (nSPS) is 14.7. The summed E-state index contributed by atoms with van der Waals surface area (Å²) >= 11 is 0. The fourth-order valence-electron chi connectivity index (χ4n) is 3.59. The van der Waals surface area contributed by atoms with Crippen LogP contribution in [0.5, 0.6) is 17.2 Å². The molecule has 2 aromatic rings. The third-order valence-electron chi connectivity index (χ3n) is 5.17. The zero-order valence-electron chi connectivity index (χ0n) is 17.9. The smallest absolute Gasteiger partial charge is 0.258 e. The molecule has 0 atom stereocenters. The SMILES string of the molecule is COc1cc(C=CC(=O)NN2CCN(c3ccc(C)cc3C)CC2)cc(OC)c1O. The maximum Gasteiger partial charge on any atom is 0.258 e. The lowest BCUT2D eigenvalue weighted by molar-refractivity contribution is -0.121. The summed E-state index contributed by atoms with van der Waals surface area (Å²) in [6, 6.07) is 9.78. The van der Waals surface area contributed by atoms with E-state index in [0.29, 0.717) is 5.56 Å². The third-order valence-corrected chi connectivity index (χ3v) is 5.17. The Labute approximate surface area is 177 Å². The molecule has 2 aromatic carbocycles. The zero-order chi connectivity index (χ0) is 21.7. The molecule has 0 spiro atoms. The number of anilines is 1. The maximum absolute atomic E-state index is 12.3. The fourth-order valence-corrected chi connectivity index (χ4v) is 3.59. The van der Waals surface area contributed by atoms with Crippen LogP contribution < -0.4 is 19.8 Å². The molecular formula is C23H29N3O4. The molecule has 2 N–H and O–H groups in total. The Hall–Kier alpha value is -3.19. The van der Waals surface area contributed by atoms with Gasteiger partial charge < -0.3 is 19.5 Å². The van der Waals surface area contributed by atoms with Crippen LogP contribution >= 0.6 is 0 Å². The minimum atomic E-state index is -0.207. The molecule has 0 radical (unpaired) electrons. The Morgan fingerprint density at radius 3 is 2.23 bits per heavy atom. The molecular weight excluding hydrogens is 382 g/mol. The van der Waals surface area contributed by atoms with E-state index in [1.807, 2.05) is 5.01 Å². The van der Waals surface area contributed by atoms with Crippen molar-refractivity contribution in [2.75, 3.05) is 45.3 Å². The van der Waals surface area contributed by atoms with Crippen molar-refractivity contribution in [3.8, 4) is 17.2 Å². The number of piperazine rings is 1. The lowest BCUT2D eigenvalue weighted by Gasteiger charge is -2.36. The summed E-state index contributed by atoms with van der Waals surface area (Å²) in [5.74, 6) is 0.304. The van der Waals surface area contributed by atoms with Crippen LogP contribution in [0.15, 0.2) is 36.4 Å². The minimum Gasteiger partial charge on any atom is -0.502 e. The lowest BCUT2D eigenvalue weighted by Crippen LogP contribution is -2.53. The second-order valence-electron chi connectivity index (χ2n) is 7.35. The number of aromatic hydroxyl groups is 1. The molecule has 3 rings (SSSR count). The van der Waals surface area contributed by atoms with Gasteiger partial charge in [0, 0.05) is 37.9 Å². The molecule has 160 valence electrons. The molecule has 1 aliphatic rings. The van der Waals surface area contributed by atoms with Crippen molar-refractivity contribution in [3.63, 3.8) is 0 Å². The van der Waals surface area contributed by atoms with Crippen LogP contribution in [0.25, 0.3) is 6.08 Å². The predicted molar refractivity (Wildman–Crippen MR) is 118 cm³/mol. The van der Waals surface area contributed by atoms with E-state index in [1.54, 1.807) is 18.2 Å². The van der Waals surface area contributed by atoms with Crippen molar-refractivity contribution >= 4 is 17.7 Å². The molecule has 1 fully saturated rings. The van der Waals surface area contributed by atoms with Crippen molar-refractivity contribution in [2.45, 2.75) is 13.8 Å². The number of nitrogens with one attached hydrogen (secondary N) is 1. The number of hydrogen-bond acceptors (Lipinski definition) is 6. The molecule has 1 aliphatic heterocycles. The van der Waals surface area contributed by atoms with Gasteiger partial charge in [0.1, 0.15) is 0 Å². The van der Waals surface area contributed by atoms with Gasteiger partial charge >= 0.3 is 0 Å². The van der Waals surface area contributed by atoms with Crippen molar-refractivity contribution in [1.29, 1.82) is 0 Å². The molecule has 0 unspecified atom stereocenters. The first-order valence-corrected chi connectivity index (χ1v) is 9.92. The lowest BCUT2D eigenvalue weighted by atomic mass is 10.1. The molecule has 7 heteroatoms. The predicted octanol–water partition coefficient (Wildman–Crippen LogP) is 2.89. The Kier molecular flexibility index (Phi) is 6.84. The summed E-state index contributed by atoms with van der Waals surface area (Å²) in [7, 11) is 2.93. The first kappa shape index (κ1) is 21.5. The van der Waals surface area contributed by atoms with Gasteiger partial charge in [0.2, 0.25) is 5.75 Å². The van der Waals surface area contributed by atoms with E-state index in [4.69, 9.17) is 9.47 Å². The number of benzene rings is 2. The highest BCUT2D eigenvalue weighted by Crippen LogP contribution is 2.37. The van der Waals surface area contributed by atoms with E-state index < -0.39 is 0 Å². The second kappa shape index (κ2) is 9.54. The monoisotopic (exact) mass is 411 g/mol. The van der Waals surface area contributed by atoms with Gasteiger partial charge in [0.05, 0.1) is 14.2 Å². The number of phenols is 1. The number of aryl methyl sites for hydroxylation is 2. The quantitative estimate of drug-likeness (QED) is 0.712. The van der Waals surface area contributed by atoms with Gasteiger partial charge in [-0.2, -0.15) is 0 Å². The molecule has 1 saturated heterocycles. The Balaban J connectivity index is 1.56. The molecule has 0 bridgehead atoms.